The van der Waals surface area contributed by atoms with E-state index in [-0.39, 0.29) is 11.3 Å². The van der Waals surface area contributed by atoms with Crippen molar-refractivity contribution in [2.75, 3.05) is 25.2 Å². The fraction of sp³-hybridized carbons (Fsp3) is 0.167. The molecule has 0 saturated carbocycles. The van der Waals surface area contributed by atoms with Gasteiger partial charge in [-0.2, -0.15) is 0 Å². The van der Waals surface area contributed by atoms with Crippen molar-refractivity contribution < 1.29 is 24.5 Å². The van der Waals surface area contributed by atoms with Crippen LogP contribution >= 0.6 is 11.6 Å². The third-order valence-electron chi connectivity index (χ3n) is 3.75. The fourth-order valence-corrected chi connectivity index (χ4v) is 2.72. The van der Waals surface area contributed by atoms with E-state index < -0.39 is 5.97 Å². The molecule has 6 nitrogen and oxygen atoms in total. The molecular formula is C18H16ClNO5. The van der Waals surface area contributed by atoms with Gasteiger partial charge in [0.15, 0.2) is 5.75 Å². The van der Waals surface area contributed by atoms with Gasteiger partial charge in [-0.15, -0.1) is 0 Å². The van der Waals surface area contributed by atoms with Crippen molar-refractivity contribution in [1.29, 1.82) is 0 Å². The number of hydrogen-bond acceptors (Lipinski definition) is 5. The lowest BCUT2D eigenvalue weighted by molar-refractivity contribution is 0.0693. The van der Waals surface area contributed by atoms with E-state index in [9.17, 15) is 9.90 Å². The molecule has 7 heteroatoms. The summed E-state index contributed by atoms with van der Waals surface area (Å²) < 4.78 is 11.0. The molecule has 0 radical (unpaired) electrons. The van der Waals surface area contributed by atoms with Crippen molar-refractivity contribution in [2.24, 2.45) is 0 Å². The smallest absolute Gasteiger partial charge is 0.339 e. The highest BCUT2D eigenvalue weighted by atomic mass is 35.5. The maximum atomic E-state index is 11.2. The van der Waals surface area contributed by atoms with Gasteiger partial charge < -0.3 is 24.6 Å². The van der Waals surface area contributed by atoms with E-state index in [0.717, 1.165) is 5.69 Å². The highest BCUT2D eigenvalue weighted by molar-refractivity contribution is 6.30. The molecule has 1 aliphatic rings. The highest BCUT2D eigenvalue weighted by Gasteiger charge is 2.26. The number of rotatable bonds is 5. The van der Waals surface area contributed by atoms with E-state index in [1.807, 2.05) is 11.0 Å². The lowest BCUT2D eigenvalue weighted by Gasteiger charge is -2.18. The first-order chi connectivity index (χ1) is 12.0. The summed E-state index contributed by atoms with van der Waals surface area (Å²) in [6.45, 7) is 1.04. The molecule has 0 aromatic heterocycles. The van der Waals surface area contributed by atoms with Crippen LogP contribution < -0.4 is 9.64 Å². The average molecular weight is 362 g/mol. The number of methoxy groups -OCH3 is 1. The van der Waals surface area contributed by atoms with Gasteiger partial charge in [-0.05, 0) is 29.8 Å². The van der Waals surface area contributed by atoms with Crippen molar-refractivity contribution in [3.05, 3.63) is 58.4 Å². The van der Waals surface area contributed by atoms with Gasteiger partial charge in [0.1, 0.15) is 11.3 Å². The van der Waals surface area contributed by atoms with Gasteiger partial charge in [0, 0.05) is 30.8 Å². The van der Waals surface area contributed by atoms with E-state index in [0.29, 0.717) is 35.4 Å². The second-order valence-corrected chi connectivity index (χ2v) is 5.86. The topological polar surface area (TPSA) is 79.2 Å². The Labute approximate surface area is 149 Å². The van der Waals surface area contributed by atoms with Crippen molar-refractivity contribution in [2.45, 2.75) is 0 Å². The first kappa shape index (κ1) is 17.1. The molecule has 0 spiro atoms. The SMILES string of the molecule is COCCN1C(=Cc2ccc(O)c(C(=O)O)c2)Oc2cc(Cl)ccc21. The van der Waals surface area contributed by atoms with Crippen LogP contribution in [0.15, 0.2) is 42.3 Å². The Hall–Kier alpha value is -2.70. The van der Waals surface area contributed by atoms with E-state index in [2.05, 4.69) is 0 Å². The van der Waals surface area contributed by atoms with Crippen LogP contribution in [0.25, 0.3) is 6.08 Å². The summed E-state index contributed by atoms with van der Waals surface area (Å²) >= 11 is 6.02. The molecule has 2 aromatic rings. The lowest BCUT2D eigenvalue weighted by atomic mass is 10.1. The van der Waals surface area contributed by atoms with Crippen molar-refractivity contribution in [3.8, 4) is 11.5 Å². The number of carbonyl (C=O) groups is 1. The Balaban J connectivity index is 1.99. The van der Waals surface area contributed by atoms with E-state index in [1.165, 1.54) is 12.1 Å². The van der Waals surface area contributed by atoms with Gasteiger partial charge >= 0.3 is 5.97 Å². The molecule has 2 N–H and O–H groups in total. The summed E-state index contributed by atoms with van der Waals surface area (Å²) in [6.07, 6.45) is 1.70. The Kier molecular flexibility index (Phi) is 4.83. The molecule has 1 heterocycles. The molecule has 3 rings (SSSR count). The number of carboxylic acids is 1. The summed E-state index contributed by atoms with van der Waals surface area (Å²) in [5.41, 5.74) is 1.27. The number of carboxylic acid groups (broad SMARTS) is 1. The Morgan fingerprint density at radius 1 is 1.32 bits per heavy atom. The maximum Gasteiger partial charge on any atom is 0.339 e. The zero-order valence-corrected chi connectivity index (χ0v) is 14.2. The summed E-state index contributed by atoms with van der Waals surface area (Å²) in [4.78, 5) is 13.1. The number of aromatic carboxylic acids is 1. The molecule has 2 aromatic carbocycles. The molecule has 0 aliphatic carbocycles. The number of ether oxygens (including phenoxy) is 2. The molecule has 0 bridgehead atoms. The van der Waals surface area contributed by atoms with Gasteiger partial charge in [-0.25, -0.2) is 4.79 Å². The summed E-state index contributed by atoms with van der Waals surface area (Å²) in [5.74, 6) is -0.340. The first-order valence-corrected chi connectivity index (χ1v) is 7.89. The van der Waals surface area contributed by atoms with E-state index in [4.69, 9.17) is 26.2 Å². The van der Waals surface area contributed by atoms with Crippen LogP contribution in [0.2, 0.25) is 5.02 Å². The second kappa shape index (κ2) is 7.04. The number of phenols is 1. The predicted molar refractivity (Wildman–Crippen MR) is 94.3 cm³/mol. The summed E-state index contributed by atoms with van der Waals surface area (Å²) in [7, 11) is 1.61. The summed E-state index contributed by atoms with van der Waals surface area (Å²) in [5, 5.41) is 19.3. The molecule has 130 valence electrons. The third kappa shape index (κ3) is 3.55. The van der Waals surface area contributed by atoms with Crippen LogP contribution in [-0.2, 0) is 4.74 Å². The zero-order valence-electron chi connectivity index (χ0n) is 13.4. The maximum absolute atomic E-state index is 11.2. The van der Waals surface area contributed by atoms with Gasteiger partial charge in [0.05, 0.1) is 12.3 Å². The third-order valence-corrected chi connectivity index (χ3v) is 3.99. The second-order valence-electron chi connectivity index (χ2n) is 5.42. The van der Waals surface area contributed by atoms with Crippen LogP contribution in [0.1, 0.15) is 15.9 Å². The number of hydrogen-bond donors (Lipinski definition) is 2. The fourth-order valence-electron chi connectivity index (χ4n) is 2.56. The number of aromatic hydroxyl groups is 1. The van der Waals surface area contributed by atoms with Crippen LogP contribution in [-0.4, -0.2) is 36.4 Å². The van der Waals surface area contributed by atoms with E-state index in [1.54, 1.807) is 31.4 Å². The number of fused-ring (bicyclic) bond motifs is 1. The highest BCUT2D eigenvalue weighted by Crippen LogP contribution is 2.41. The molecule has 1 aliphatic heterocycles. The first-order valence-electron chi connectivity index (χ1n) is 7.51. The van der Waals surface area contributed by atoms with Crippen LogP contribution in [0, 0.1) is 0 Å². The Bertz CT molecular complexity index is 849. The molecule has 0 atom stereocenters. The van der Waals surface area contributed by atoms with Gasteiger partial charge in [0.2, 0.25) is 5.88 Å². The molecule has 0 fully saturated rings. The Morgan fingerprint density at radius 3 is 2.84 bits per heavy atom. The molecule has 25 heavy (non-hydrogen) atoms. The van der Waals surface area contributed by atoms with E-state index >= 15 is 0 Å². The zero-order chi connectivity index (χ0) is 18.0. The lowest BCUT2D eigenvalue weighted by Crippen LogP contribution is -2.24. The van der Waals surface area contributed by atoms with Gasteiger partial charge in [0.25, 0.3) is 0 Å². The monoisotopic (exact) mass is 361 g/mol. The van der Waals surface area contributed by atoms with Crippen molar-refractivity contribution in [1.82, 2.24) is 0 Å². The number of nitrogens with zero attached hydrogens (tertiary/aromatic N) is 1. The Morgan fingerprint density at radius 2 is 2.12 bits per heavy atom. The molecule has 0 amide bonds. The largest absolute Gasteiger partial charge is 0.507 e. The predicted octanol–water partition coefficient (Wildman–Crippen LogP) is 3.59. The van der Waals surface area contributed by atoms with Crippen molar-refractivity contribution in [3.63, 3.8) is 0 Å². The van der Waals surface area contributed by atoms with Gasteiger partial charge in [-0.1, -0.05) is 17.7 Å². The number of benzene rings is 2. The molecule has 0 saturated heterocycles. The van der Waals surface area contributed by atoms with Crippen LogP contribution in [0.4, 0.5) is 5.69 Å². The van der Waals surface area contributed by atoms with Crippen molar-refractivity contribution >= 4 is 29.3 Å². The normalized spacial score (nSPS) is 14.5. The number of anilines is 1. The summed E-state index contributed by atoms with van der Waals surface area (Å²) in [6, 6.07) is 9.69. The minimum absolute atomic E-state index is 0.170. The number of halogens is 1. The van der Waals surface area contributed by atoms with Crippen LogP contribution in [0.3, 0.4) is 0 Å². The molecule has 0 unspecified atom stereocenters. The standard InChI is InChI=1S/C18H16ClNO5/c1-24-7-6-20-14-4-3-12(19)10-16(14)25-17(20)9-11-2-5-15(21)13(8-11)18(22)23/h2-5,8-10,21H,6-7H2,1H3,(H,22,23). The van der Waals surface area contributed by atoms with Gasteiger partial charge in [-0.3, -0.25) is 0 Å². The van der Waals surface area contributed by atoms with Crippen LogP contribution in [0.5, 0.6) is 11.5 Å². The minimum atomic E-state index is -1.20. The quantitative estimate of drug-likeness (QED) is 0.847. The minimum Gasteiger partial charge on any atom is -0.507 e. The molecular weight excluding hydrogens is 346 g/mol. The average Bonchev–Trinajstić information content (AvgIpc) is 2.90.